The summed E-state index contributed by atoms with van der Waals surface area (Å²) in [7, 11) is 0. The molecule has 0 unspecified atom stereocenters. The minimum Gasteiger partial charge on any atom is -0.294 e. The number of hydrogen-bond donors (Lipinski definition) is 0. The van der Waals surface area contributed by atoms with Crippen LogP contribution in [0.4, 0.5) is 0 Å². The zero-order valence-corrected chi connectivity index (χ0v) is 8.21. The summed E-state index contributed by atoms with van der Waals surface area (Å²) in [6.45, 7) is 1.93. The van der Waals surface area contributed by atoms with Crippen LogP contribution in [0.3, 0.4) is 0 Å². The highest BCUT2D eigenvalue weighted by Crippen LogP contribution is 2.39. The van der Waals surface area contributed by atoms with Crippen LogP contribution in [-0.2, 0) is 6.42 Å². The van der Waals surface area contributed by atoms with Crippen LogP contribution >= 0.6 is 0 Å². The number of hydrogen-bond acceptors (Lipinski definition) is 3. The molecule has 0 aromatic carbocycles. The van der Waals surface area contributed by atoms with Crippen LogP contribution in [-0.4, -0.2) is 15.8 Å². The lowest BCUT2D eigenvalue weighted by Gasteiger charge is -2.04. The Bertz CT molecular complexity index is 422. The van der Waals surface area contributed by atoms with Gasteiger partial charge in [0.15, 0.2) is 5.78 Å². The Morgan fingerprint density at radius 1 is 1.21 bits per heavy atom. The normalized spacial score (nSPS) is 19.9. The summed E-state index contributed by atoms with van der Waals surface area (Å²) in [5.74, 6) is 1.77. The van der Waals surface area contributed by atoms with Gasteiger partial charge in [-0.1, -0.05) is 0 Å². The second kappa shape index (κ2) is 2.62. The molecule has 1 fully saturated rings. The molecule has 0 atom stereocenters. The van der Waals surface area contributed by atoms with E-state index >= 15 is 0 Å². The summed E-state index contributed by atoms with van der Waals surface area (Å²) in [4.78, 5) is 20.4. The van der Waals surface area contributed by atoms with Gasteiger partial charge in [-0.2, -0.15) is 0 Å². The third kappa shape index (κ3) is 1.08. The second-order valence-corrected chi connectivity index (χ2v) is 4.19. The Labute approximate surface area is 82.6 Å². The topological polar surface area (TPSA) is 42.9 Å². The lowest BCUT2D eigenvalue weighted by atomic mass is 10.1. The Morgan fingerprint density at radius 3 is 2.71 bits per heavy atom. The lowest BCUT2D eigenvalue weighted by Crippen LogP contribution is -2.04. The van der Waals surface area contributed by atoms with Crippen molar-refractivity contribution < 1.29 is 4.79 Å². The molecule has 2 aliphatic rings. The van der Waals surface area contributed by atoms with Gasteiger partial charge in [0, 0.05) is 12.3 Å². The van der Waals surface area contributed by atoms with Gasteiger partial charge in [0.2, 0.25) is 0 Å². The van der Waals surface area contributed by atoms with E-state index in [-0.39, 0.29) is 5.78 Å². The highest BCUT2D eigenvalue weighted by atomic mass is 16.1. The largest absolute Gasteiger partial charge is 0.294 e. The van der Waals surface area contributed by atoms with Crippen molar-refractivity contribution in [3.63, 3.8) is 0 Å². The summed E-state index contributed by atoms with van der Waals surface area (Å²) in [6.07, 6.45) is 3.87. The first kappa shape index (κ1) is 8.09. The number of ketones is 1. The van der Waals surface area contributed by atoms with Crippen molar-refractivity contribution >= 4 is 5.78 Å². The van der Waals surface area contributed by atoms with Crippen molar-refractivity contribution in [1.82, 2.24) is 9.97 Å². The van der Waals surface area contributed by atoms with Crippen LogP contribution in [0.2, 0.25) is 0 Å². The van der Waals surface area contributed by atoms with E-state index in [1.54, 1.807) is 0 Å². The highest BCUT2D eigenvalue weighted by molar-refractivity contribution is 6.00. The molecule has 0 bridgehead atoms. The molecule has 2 aliphatic carbocycles. The number of fused-ring (bicyclic) bond motifs is 1. The van der Waals surface area contributed by atoms with E-state index in [1.165, 1.54) is 12.8 Å². The molecule has 0 aliphatic heterocycles. The van der Waals surface area contributed by atoms with Crippen LogP contribution in [0, 0.1) is 6.92 Å². The lowest BCUT2D eigenvalue weighted by molar-refractivity contribution is 0.0993. The second-order valence-electron chi connectivity index (χ2n) is 4.19. The van der Waals surface area contributed by atoms with Gasteiger partial charge in [0.05, 0.1) is 17.0 Å². The fourth-order valence-electron chi connectivity index (χ4n) is 2.08. The predicted octanol–water partition coefficient (Wildman–Crippen LogP) is 1.79. The molecule has 0 spiro atoms. The maximum absolute atomic E-state index is 11.5. The van der Waals surface area contributed by atoms with Gasteiger partial charge in [-0.05, 0) is 26.2 Å². The Kier molecular flexibility index (Phi) is 1.52. The van der Waals surface area contributed by atoms with E-state index in [4.69, 9.17) is 0 Å². The standard InChI is InChI=1S/C11H12N2O/c1-6-10-8(4-5-9(10)14)13-11(12-6)7-2-3-7/h7H,2-5H2,1H3. The molecule has 1 heterocycles. The fourth-order valence-corrected chi connectivity index (χ4v) is 2.08. The molecule has 0 radical (unpaired) electrons. The van der Waals surface area contributed by atoms with Gasteiger partial charge in [0.25, 0.3) is 0 Å². The zero-order chi connectivity index (χ0) is 9.71. The van der Waals surface area contributed by atoms with E-state index in [1.807, 2.05) is 6.92 Å². The molecule has 1 aromatic heterocycles. The third-order valence-corrected chi connectivity index (χ3v) is 2.99. The van der Waals surface area contributed by atoms with E-state index in [2.05, 4.69) is 9.97 Å². The van der Waals surface area contributed by atoms with Gasteiger partial charge in [-0.3, -0.25) is 4.79 Å². The average Bonchev–Trinajstić information content (AvgIpc) is 2.92. The van der Waals surface area contributed by atoms with Crippen molar-refractivity contribution in [2.24, 2.45) is 0 Å². The Hall–Kier alpha value is -1.25. The number of aromatic nitrogens is 2. The molecular formula is C11H12N2O. The molecule has 3 nitrogen and oxygen atoms in total. The van der Waals surface area contributed by atoms with Crippen LogP contribution in [0.25, 0.3) is 0 Å². The number of aryl methyl sites for hydroxylation is 2. The number of nitrogens with zero attached hydrogens (tertiary/aromatic N) is 2. The summed E-state index contributed by atoms with van der Waals surface area (Å²) < 4.78 is 0. The van der Waals surface area contributed by atoms with E-state index < -0.39 is 0 Å². The van der Waals surface area contributed by atoms with Crippen LogP contribution in [0.1, 0.15) is 52.8 Å². The maximum Gasteiger partial charge on any atom is 0.166 e. The van der Waals surface area contributed by atoms with E-state index in [0.717, 1.165) is 29.2 Å². The monoisotopic (exact) mass is 188 g/mol. The van der Waals surface area contributed by atoms with Gasteiger partial charge in [0.1, 0.15) is 5.82 Å². The number of carbonyl (C=O) groups is 1. The molecule has 0 amide bonds. The van der Waals surface area contributed by atoms with E-state index in [0.29, 0.717) is 12.3 Å². The number of carbonyl (C=O) groups excluding carboxylic acids is 1. The molecule has 1 saturated carbocycles. The average molecular weight is 188 g/mol. The minimum atomic E-state index is 0.222. The Balaban J connectivity index is 2.15. The number of Topliss-reactive ketones (excluding diaryl/α,β-unsaturated/α-hetero) is 1. The fraction of sp³-hybridized carbons (Fsp3) is 0.545. The van der Waals surface area contributed by atoms with Crippen molar-refractivity contribution in [2.45, 2.75) is 38.5 Å². The van der Waals surface area contributed by atoms with Crippen molar-refractivity contribution in [1.29, 1.82) is 0 Å². The van der Waals surface area contributed by atoms with E-state index in [9.17, 15) is 4.79 Å². The molecule has 0 saturated heterocycles. The van der Waals surface area contributed by atoms with Crippen molar-refractivity contribution in [3.8, 4) is 0 Å². The first-order valence-electron chi connectivity index (χ1n) is 5.16. The summed E-state index contributed by atoms with van der Waals surface area (Å²) in [6, 6.07) is 0. The highest BCUT2D eigenvalue weighted by Gasteiger charge is 2.30. The summed E-state index contributed by atoms with van der Waals surface area (Å²) >= 11 is 0. The third-order valence-electron chi connectivity index (χ3n) is 2.99. The number of rotatable bonds is 1. The SMILES string of the molecule is Cc1nc(C2CC2)nc2c1C(=O)CC2. The van der Waals surface area contributed by atoms with Crippen LogP contribution in [0.5, 0.6) is 0 Å². The molecular weight excluding hydrogens is 176 g/mol. The van der Waals surface area contributed by atoms with Crippen LogP contribution < -0.4 is 0 Å². The Morgan fingerprint density at radius 2 is 2.00 bits per heavy atom. The summed E-state index contributed by atoms with van der Waals surface area (Å²) in [5, 5.41) is 0. The molecule has 72 valence electrons. The molecule has 1 aromatic rings. The van der Waals surface area contributed by atoms with Gasteiger partial charge in [-0.15, -0.1) is 0 Å². The minimum absolute atomic E-state index is 0.222. The van der Waals surface area contributed by atoms with Crippen LogP contribution in [0.15, 0.2) is 0 Å². The molecule has 3 rings (SSSR count). The zero-order valence-electron chi connectivity index (χ0n) is 8.21. The van der Waals surface area contributed by atoms with Gasteiger partial charge >= 0.3 is 0 Å². The van der Waals surface area contributed by atoms with Crippen molar-refractivity contribution in [2.75, 3.05) is 0 Å². The van der Waals surface area contributed by atoms with Gasteiger partial charge in [-0.25, -0.2) is 9.97 Å². The van der Waals surface area contributed by atoms with Gasteiger partial charge < -0.3 is 0 Å². The first-order valence-corrected chi connectivity index (χ1v) is 5.16. The maximum atomic E-state index is 11.5. The molecule has 3 heteroatoms. The smallest absolute Gasteiger partial charge is 0.166 e. The quantitative estimate of drug-likeness (QED) is 0.674. The summed E-state index contributed by atoms with van der Waals surface area (Å²) in [5.41, 5.74) is 2.68. The first-order chi connectivity index (χ1) is 6.75. The predicted molar refractivity (Wildman–Crippen MR) is 51.4 cm³/mol. The van der Waals surface area contributed by atoms with Crippen molar-refractivity contribution in [3.05, 3.63) is 22.8 Å². The molecule has 14 heavy (non-hydrogen) atoms. The molecule has 0 N–H and O–H groups in total.